The molecule has 4 heterocycles. The summed E-state index contributed by atoms with van der Waals surface area (Å²) < 4.78 is 110. The molecule has 2 aliphatic heterocycles. The van der Waals surface area contributed by atoms with Gasteiger partial charge < -0.3 is 20.4 Å². The number of pyridine rings is 2. The minimum absolute atomic E-state index is 0.0110. The summed E-state index contributed by atoms with van der Waals surface area (Å²) in [4.78, 5) is 63.9. The quantitative estimate of drug-likeness (QED) is 0.129. The lowest BCUT2D eigenvalue weighted by Gasteiger charge is -2.29. The van der Waals surface area contributed by atoms with E-state index in [4.69, 9.17) is 0 Å². The first kappa shape index (κ1) is 54.3. The van der Waals surface area contributed by atoms with Crippen molar-refractivity contribution >= 4 is 45.2 Å². The zero-order chi connectivity index (χ0) is 55.0. The van der Waals surface area contributed by atoms with Crippen molar-refractivity contribution in [1.29, 1.82) is 10.5 Å². The first-order chi connectivity index (χ1) is 35.7. The zero-order valence-electron chi connectivity index (χ0n) is 41.9. The fourth-order valence-electron chi connectivity index (χ4n) is 10.2. The standard InChI is InChI=1S/C27H27F3N4O4S.C27H27F3N4O2S/c1-16-11-18(19-5-10-32-17(2)12-19)3-4-22(16)39(37,38)20-13-21(23(35)33-25(15-31)6-7-25)34(14-20)24(36)26(8-9-26)27(28,29)30;1-16-11-18(19-5-10-32-17(2)12-19)3-4-22(16)37-20-13-21(23(35)33-25(15-31)6-7-25)34(14-20)24(36)26(8-9-26)27(28,29)30/h3-5,10-12,20-21H,6-9,13-14H2,1-2H3,(H,33,35);3-5,10-12,20-21H,6-9,13-14H2,1-2H3,(H,33,35)/t2*20-,21+/m11/s1. The molecule has 4 saturated carbocycles. The van der Waals surface area contributed by atoms with E-state index in [0.29, 0.717) is 31.2 Å². The Hall–Kier alpha value is -6.52. The Kier molecular flexibility index (Phi) is 13.9. The molecule has 0 spiro atoms. The maximum Gasteiger partial charge on any atom is 0.403 e. The Morgan fingerprint density at radius 3 is 1.46 bits per heavy atom. The molecule has 0 unspecified atom stereocenters. The molecule has 2 aromatic carbocycles. The van der Waals surface area contributed by atoms with Gasteiger partial charge in [0.05, 0.1) is 22.3 Å². The van der Waals surface area contributed by atoms with Crippen LogP contribution in [0.5, 0.6) is 0 Å². The van der Waals surface area contributed by atoms with Gasteiger partial charge in [-0.2, -0.15) is 36.9 Å². The summed E-state index contributed by atoms with van der Waals surface area (Å²) in [5, 5.41) is 22.4. The number of benzene rings is 2. The topological polar surface area (TPSA) is 206 Å². The van der Waals surface area contributed by atoms with Gasteiger partial charge in [0.2, 0.25) is 23.6 Å². The van der Waals surface area contributed by atoms with Crippen molar-refractivity contribution in [2.75, 3.05) is 13.1 Å². The number of rotatable bonds is 12. The van der Waals surface area contributed by atoms with Crippen molar-refractivity contribution in [3.8, 4) is 34.4 Å². The second kappa shape index (κ2) is 19.5. The van der Waals surface area contributed by atoms with Crippen LogP contribution in [0.1, 0.15) is 86.7 Å². The summed E-state index contributed by atoms with van der Waals surface area (Å²) in [5.41, 5.74) is -0.270. The van der Waals surface area contributed by atoms with Gasteiger partial charge >= 0.3 is 12.4 Å². The van der Waals surface area contributed by atoms with Gasteiger partial charge in [0.15, 0.2) is 9.84 Å². The second-order valence-electron chi connectivity index (χ2n) is 21.2. The molecule has 4 atom stereocenters. The van der Waals surface area contributed by atoms with E-state index in [9.17, 15) is 64.5 Å². The molecule has 0 radical (unpaired) electrons. The average molecular weight is 1090 g/mol. The van der Waals surface area contributed by atoms with Crippen molar-refractivity contribution in [2.45, 2.75) is 148 Å². The number of thioether (sulfide) groups is 1. The van der Waals surface area contributed by atoms with Crippen LogP contribution >= 0.6 is 11.8 Å². The maximum atomic E-state index is 13.8. The molecule has 4 amide bonds. The van der Waals surface area contributed by atoms with E-state index in [1.165, 1.54) is 17.8 Å². The maximum absolute atomic E-state index is 13.8. The molecule has 4 aromatic rings. The SMILES string of the molecule is Cc1cc(-c2ccc(S(=O)(=O)[C@@H]3C[C@@H](C(=O)NC4(C#N)CC4)N(C(=O)C4(C(F)(F)F)CC4)C3)c(C)c2)ccn1.Cc1cc(-c2ccc(S[C@@H]3C[C@@H](C(=O)NC4(C#N)CC4)N(C(=O)C4(C(F)(F)F)CC4)C3)c(C)c2)ccn1. The second-order valence-corrected chi connectivity index (χ2v) is 24.7. The third-order valence-corrected chi connectivity index (χ3v) is 19.2. The third-order valence-electron chi connectivity index (χ3n) is 15.6. The highest BCUT2D eigenvalue weighted by Gasteiger charge is 2.72. The first-order valence-corrected chi connectivity index (χ1v) is 27.3. The predicted octanol–water partition coefficient (Wildman–Crippen LogP) is 8.57. The van der Waals surface area contributed by atoms with Crippen molar-refractivity contribution in [2.24, 2.45) is 10.8 Å². The number of nitrogens with one attached hydrogen (secondary N) is 2. The van der Waals surface area contributed by atoms with Crippen LogP contribution in [0.15, 0.2) is 82.8 Å². The number of carbonyl (C=O) groups excluding carboxylic acids is 4. The number of sulfone groups is 1. The Bertz CT molecular complexity index is 3230. The van der Waals surface area contributed by atoms with Crippen LogP contribution in [0.3, 0.4) is 0 Å². The first-order valence-electron chi connectivity index (χ1n) is 24.9. The number of carbonyl (C=O) groups is 4. The van der Waals surface area contributed by atoms with Gasteiger partial charge in [0.25, 0.3) is 0 Å². The number of nitriles is 2. The molecule has 6 fully saturated rings. The molecule has 2 N–H and O–H groups in total. The van der Waals surface area contributed by atoms with Gasteiger partial charge in [0, 0.05) is 47.0 Å². The summed E-state index contributed by atoms with van der Waals surface area (Å²) >= 11 is 1.47. The van der Waals surface area contributed by atoms with E-state index < -0.39 is 104 Å². The molecule has 10 rings (SSSR count). The zero-order valence-corrected chi connectivity index (χ0v) is 43.6. The van der Waals surface area contributed by atoms with Gasteiger partial charge in [-0.25, -0.2) is 8.42 Å². The van der Waals surface area contributed by atoms with E-state index in [0.717, 1.165) is 53.9 Å². The fraction of sp³-hybridized carbons (Fsp3) is 0.481. The minimum atomic E-state index is -4.82. The number of alkyl halides is 6. The highest BCUT2D eigenvalue weighted by Crippen LogP contribution is 2.60. The minimum Gasteiger partial charge on any atom is -0.336 e. The van der Waals surface area contributed by atoms with Crippen LogP contribution in [0.25, 0.3) is 22.3 Å². The average Bonchev–Trinajstić information content (AvgIpc) is 4.20. The van der Waals surface area contributed by atoms with Crippen LogP contribution < -0.4 is 10.6 Å². The summed E-state index contributed by atoms with van der Waals surface area (Å²) in [5.74, 6) is -3.66. The Morgan fingerprint density at radius 2 is 1.05 bits per heavy atom. The summed E-state index contributed by atoms with van der Waals surface area (Å²) in [6.45, 7) is 6.85. The number of likely N-dealkylation sites (tertiary alicyclic amines) is 2. The molecule has 400 valence electrons. The summed E-state index contributed by atoms with van der Waals surface area (Å²) in [7, 11) is -4.14. The predicted molar refractivity (Wildman–Crippen MR) is 266 cm³/mol. The van der Waals surface area contributed by atoms with Crippen molar-refractivity contribution in [3.63, 3.8) is 0 Å². The van der Waals surface area contributed by atoms with Gasteiger partial charge in [-0.15, -0.1) is 11.8 Å². The lowest BCUT2D eigenvalue weighted by molar-refractivity contribution is -0.200. The molecule has 2 aromatic heterocycles. The van der Waals surface area contributed by atoms with E-state index in [-0.39, 0.29) is 42.4 Å². The molecule has 6 aliphatic rings. The van der Waals surface area contributed by atoms with E-state index >= 15 is 0 Å². The van der Waals surface area contributed by atoms with Gasteiger partial charge in [0.1, 0.15) is 34.0 Å². The lowest BCUT2D eigenvalue weighted by Crippen LogP contribution is -2.53. The van der Waals surface area contributed by atoms with E-state index in [1.54, 1.807) is 37.5 Å². The Balaban J connectivity index is 0.000000186. The molecule has 14 nitrogen and oxygen atoms in total. The monoisotopic (exact) mass is 1090 g/mol. The van der Waals surface area contributed by atoms with E-state index in [2.05, 4.69) is 26.7 Å². The highest BCUT2D eigenvalue weighted by atomic mass is 32.2. The molecular weight excluding hydrogens is 1030 g/mol. The van der Waals surface area contributed by atoms with Gasteiger partial charge in [-0.05, 0) is 162 Å². The van der Waals surface area contributed by atoms with Gasteiger partial charge in [-0.3, -0.25) is 29.1 Å². The van der Waals surface area contributed by atoms with Crippen molar-refractivity contribution < 1.29 is 53.9 Å². The van der Waals surface area contributed by atoms with Crippen molar-refractivity contribution in [3.05, 3.63) is 95.6 Å². The number of nitrogens with zero attached hydrogens (tertiary/aromatic N) is 6. The van der Waals surface area contributed by atoms with Crippen LogP contribution in [0.2, 0.25) is 0 Å². The number of aromatic nitrogens is 2. The van der Waals surface area contributed by atoms with Gasteiger partial charge in [-0.1, -0.05) is 24.3 Å². The smallest absolute Gasteiger partial charge is 0.336 e. The molecule has 0 bridgehead atoms. The largest absolute Gasteiger partial charge is 0.403 e. The molecule has 22 heteroatoms. The third kappa shape index (κ3) is 10.4. The Labute approximate surface area is 439 Å². The normalized spacial score (nSPS) is 23.2. The van der Waals surface area contributed by atoms with Crippen molar-refractivity contribution in [1.82, 2.24) is 30.4 Å². The molecule has 76 heavy (non-hydrogen) atoms. The lowest BCUT2D eigenvalue weighted by atomic mass is 10.0. The number of aryl methyl sites for hydroxylation is 4. The Morgan fingerprint density at radius 1 is 0.618 bits per heavy atom. The highest BCUT2D eigenvalue weighted by molar-refractivity contribution is 8.00. The van der Waals surface area contributed by atoms with Crippen LogP contribution in [-0.2, 0) is 29.0 Å². The van der Waals surface area contributed by atoms with E-state index in [1.807, 2.05) is 63.2 Å². The van der Waals surface area contributed by atoms with Crippen LogP contribution in [-0.4, -0.2) is 111 Å². The summed E-state index contributed by atoms with van der Waals surface area (Å²) in [6, 6.07) is 20.0. The number of halogens is 6. The number of amides is 4. The van der Waals surface area contributed by atoms with Crippen LogP contribution in [0.4, 0.5) is 26.3 Å². The number of hydrogen-bond acceptors (Lipinski definition) is 11. The summed E-state index contributed by atoms with van der Waals surface area (Å²) in [6.07, 6.45) is -5.76. The molecule has 4 aliphatic carbocycles. The number of hydrogen-bond donors (Lipinski definition) is 2. The molecular formula is C54H54F6N8O6S2. The molecule has 2 saturated heterocycles. The fourth-order valence-corrected chi connectivity index (χ4v) is 13.4. The van der Waals surface area contributed by atoms with Crippen LogP contribution in [0, 0.1) is 61.2 Å².